The first-order valence-electron chi connectivity index (χ1n) is 30.5. The number of rotatable bonds is 11. The Bertz CT molecular complexity index is 5560. The first-order valence-corrected chi connectivity index (χ1v) is 31.3. The van der Waals surface area contributed by atoms with Crippen LogP contribution in [0.4, 0.5) is 34.1 Å². The predicted molar refractivity (Wildman–Crippen MR) is 383 cm³/mol. The third-order valence-electron chi connectivity index (χ3n) is 18.0. The van der Waals surface area contributed by atoms with Gasteiger partial charge in [0.25, 0.3) is 0 Å². The average Bonchev–Trinajstić information content (AvgIpc) is 1.94. The maximum atomic E-state index is 2.42. The lowest BCUT2D eigenvalue weighted by Crippen LogP contribution is -2.10. The molecule has 0 aliphatic rings. The van der Waals surface area contributed by atoms with Crippen LogP contribution in [0.15, 0.2) is 340 Å². The monoisotopic (exact) mass is 1150 g/mol. The zero-order valence-corrected chi connectivity index (χ0v) is 49.5. The first kappa shape index (κ1) is 52.0. The zero-order valence-electron chi connectivity index (χ0n) is 48.6. The van der Waals surface area contributed by atoms with Gasteiger partial charge in [0.2, 0.25) is 0 Å². The molecule has 0 bridgehead atoms. The van der Waals surface area contributed by atoms with E-state index in [9.17, 15) is 0 Å². The Hall–Kier alpha value is -11.4. The molecule has 0 saturated heterocycles. The van der Waals surface area contributed by atoms with E-state index in [-0.39, 0.29) is 0 Å². The van der Waals surface area contributed by atoms with Gasteiger partial charge in [-0.2, -0.15) is 0 Å². The van der Waals surface area contributed by atoms with Crippen LogP contribution < -0.4 is 9.80 Å². The summed E-state index contributed by atoms with van der Waals surface area (Å²) in [6.45, 7) is 0. The fourth-order valence-electron chi connectivity index (χ4n) is 13.6. The van der Waals surface area contributed by atoms with Crippen molar-refractivity contribution in [2.75, 3.05) is 9.80 Å². The minimum absolute atomic E-state index is 1.06. The second-order valence-electron chi connectivity index (χ2n) is 23.2. The van der Waals surface area contributed by atoms with Gasteiger partial charge in [0.1, 0.15) is 0 Å². The Morgan fingerprint density at radius 1 is 0.191 bits per heavy atom. The second kappa shape index (κ2) is 21.9. The highest BCUT2D eigenvalue weighted by atomic mass is 32.1. The quantitative estimate of drug-likeness (QED) is 0.119. The third-order valence-corrected chi connectivity index (χ3v) is 19.2. The van der Waals surface area contributed by atoms with Crippen LogP contribution in [0.1, 0.15) is 0 Å². The van der Waals surface area contributed by atoms with E-state index in [4.69, 9.17) is 0 Å². The molecular weight excluding hydrogens is 1090 g/mol. The van der Waals surface area contributed by atoms with Crippen molar-refractivity contribution in [2.24, 2.45) is 0 Å². The highest BCUT2D eigenvalue weighted by Crippen LogP contribution is 2.46. The SMILES string of the molecule is c1cc(-c2cccc(N(c3cccc(-c4ccc5ccccc5c4)c3)c3ccc4c(ccc5ccccc54)c3)c2)cc(N(c2ccc(-c3ccc(-c4cccc5ccccc45)cc3)cc2)c2ccc(-c3cccc4c3sc3ccc5ccccc5c34)cc2)c1. The molecule has 0 unspecified atom stereocenters. The number of thiophene rings is 1. The molecule has 17 rings (SSSR count). The van der Waals surface area contributed by atoms with Crippen LogP contribution in [0.2, 0.25) is 0 Å². The summed E-state index contributed by atoms with van der Waals surface area (Å²) in [5, 5.41) is 15.1. The summed E-state index contributed by atoms with van der Waals surface area (Å²) in [7, 11) is 0. The van der Waals surface area contributed by atoms with E-state index in [1.54, 1.807) is 0 Å². The van der Waals surface area contributed by atoms with Gasteiger partial charge in [-0.3, -0.25) is 0 Å². The van der Waals surface area contributed by atoms with Gasteiger partial charge in [0.05, 0.1) is 0 Å². The smallest absolute Gasteiger partial charge is 0.0468 e. The fourth-order valence-corrected chi connectivity index (χ4v) is 14.8. The van der Waals surface area contributed by atoms with Crippen molar-refractivity contribution >= 4 is 119 Å². The van der Waals surface area contributed by atoms with Gasteiger partial charge in [-0.05, 0) is 194 Å². The van der Waals surface area contributed by atoms with E-state index >= 15 is 0 Å². The van der Waals surface area contributed by atoms with Crippen LogP contribution >= 0.6 is 11.3 Å². The van der Waals surface area contributed by atoms with Gasteiger partial charge in [-0.1, -0.05) is 255 Å². The highest BCUT2D eigenvalue weighted by Gasteiger charge is 2.20. The van der Waals surface area contributed by atoms with Gasteiger partial charge < -0.3 is 9.80 Å². The molecule has 17 aromatic rings. The lowest BCUT2D eigenvalue weighted by molar-refractivity contribution is 1.28. The van der Waals surface area contributed by atoms with E-state index < -0.39 is 0 Å². The van der Waals surface area contributed by atoms with Crippen LogP contribution in [0.5, 0.6) is 0 Å². The molecule has 3 heteroatoms. The number of fused-ring (bicyclic) bond motifs is 10. The molecular formula is C86H56N2S. The van der Waals surface area contributed by atoms with Crippen LogP contribution in [-0.4, -0.2) is 0 Å². The van der Waals surface area contributed by atoms with Crippen molar-refractivity contribution in [3.63, 3.8) is 0 Å². The fraction of sp³-hybridized carbons (Fsp3) is 0. The Labute approximate surface area is 521 Å². The van der Waals surface area contributed by atoms with Crippen molar-refractivity contribution in [3.8, 4) is 55.6 Å². The van der Waals surface area contributed by atoms with Crippen LogP contribution in [0, 0.1) is 0 Å². The average molecular weight is 1150 g/mol. The summed E-state index contributed by atoms with van der Waals surface area (Å²) >= 11 is 1.89. The molecule has 1 aromatic heterocycles. The second-order valence-corrected chi connectivity index (χ2v) is 24.3. The van der Waals surface area contributed by atoms with Gasteiger partial charge >= 0.3 is 0 Å². The number of anilines is 6. The molecule has 0 N–H and O–H groups in total. The first-order chi connectivity index (χ1) is 44.1. The van der Waals surface area contributed by atoms with Gasteiger partial charge in [-0.15, -0.1) is 11.3 Å². The molecule has 0 fully saturated rings. The molecule has 0 radical (unpaired) electrons. The summed E-state index contributed by atoms with van der Waals surface area (Å²) in [4.78, 5) is 4.82. The van der Waals surface area contributed by atoms with E-state index in [1.165, 1.54) is 107 Å². The summed E-state index contributed by atoms with van der Waals surface area (Å²) in [6.07, 6.45) is 0. The van der Waals surface area contributed by atoms with Crippen molar-refractivity contribution in [3.05, 3.63) is 340 Å². The molecule has 0 saturated carbocycles. The largest absolute Gasteiger partial charge is 0.310 e. The summed E-state index contributed by atoms with van der Waals surface area (Å²) in [6, 6.07) is 125. The Morgan fingerprint density at radius 2 is 0.584 bits per heavy atom. The lowest BCUT2D eigenvalue weighted by atomic mass is 9.96. The molecule has 1 heterocycles. The molecule has 16 aromatic carbocycles. The topological polar surface area (TPSA) is 6.48 Å². The highest BCUT2D eigenvalue weighted by molar-refractivity contribution is 7.26. The lowest BCUT2D eigenvalue weighted by Gasteiger charge is -2.28. The molecule has 89 heavy (non-hydrogen) atoms. The van der Waals surface area contributed by atoms with E-state index in [0.717, 1.165) is 56.4 Å². The van der Waals surface area contributed by atoms with E-state index in [0.29, 0.717) is 0 Å². The Balaban J connectivity index is 0.761. The molecule has 0 amide bonds. The Morgan fingerprint density at radius 3 is 1.26 bits per heavy atom. The Kier molecular flexibility index (Phi) is 12.8. The summed E-state index contributed by atoms with van der Waals surface area (Å²) in [5.41, 5.74) is 18.3. The molecule has 2 nitrogen and oxygen atoms in total. The predicted octanol–water partition coefficient (Wildman–Crippen LogP) is 25.1. The molecule has 0 spiro atoms. The van der Waals surface area contributed by atoms with Gasteiger partial charge in [0.15, 0.2) is 0 Å². The number of nitrogens with zero attached hydrogens (tertiary/aromatic N) is 2. The zero-order chi connectivity index (χ0) is 58.8. The third kappa shape index (κ3) is 9.44. The van der Waals surface area contributed by atoms with Crippen molar-refractivity contribution in [1.29, 1.82) is 0 Å². The normalized spacial score (nSPS) is 11.6. The van der Waals surface area contributed by atoms with E-state index in [1.807, 2.05) is 11.3 Å². The maximum absolute atomic E-state index is 2.42. The summed E-state index contributed by atoms with van der Waals surface area (Å²) in [5.74, 6) is 0. The molecule has 0 aliphatic carbocycles. The van der Waals surface area contributed by atoms with Crippen LogP contribution in [0.3, 0.4) is 0 Å². The minimum Gasteiger partial charge on any atom is -0.310 e. The number of hydrogen-bond acceptors (Lipinski definition) is 3. The van der Waals surface area contributed by atoms with Crippen molar-refractivity contribution in [1.82, 2.24) is 0 Å². The number of benzene rings is 16. The minimum atomic E-state index is 1.06. The van der Waals surface area contributed by atoms with E-state index in [2.05, 4.69) is 350 Å². The van der Waals surface area contributed by atoms with Crippen molar-refractivity contribution < 1.29 is 0 Å². The van der Waals surface area contributed by atoms with Crippen LogP contribution in [0.25, 0.3) is 130 Å². The molecule has 0 atom stereocenters. The molecule has 416 valence electrons. The van der Waals surface area contributed by atoms with Crippen LogP contribution in [-0.2, 0) is 0 Å². The number of hydrogen-bond donors (Lipinski definition) is 0. The van der Waals surface area contributed by atoms with Crippen molar-refractivity contribution in [2.45, 2.75) is 0 Å². The summed E-state index contributed by atoms with van der Waals surface area (Å²) < 4.78 is 2.62. The van der Waals surface area contributed by atoms with Gasteiger partial charge in [-0.25, -0.2) is 0 Å². The molecule has 0 aliphatic heterocycles. The maximum Gasteiger partial charge on any atom is 0.0468 e. The van der Waals surface area contributed by atoms with Gasteiger partial charge in [0, 0.05) is 54.3 Å². The standard InChI is InChI=1S/C86H56N2S/c1-2-18-65-52-69(38-34-57(65)14-1)68-22-11-25-75(55-68)88(76-49-50-80-70(56-76)39-37-61-16-4-7-27-78(61)80)74-24-10-21-67(54-74)66-20-9-23-73(53-66)87(71-45-40-59(41-46-71)58-32-35-63(36-33-58)79-29-12-19-60-15-3-6-26-77(60)79)72-47-42-64(43-48-72)82-30-13-31-83-85-81-28-8-5-17-62(81)44-51-84(85)89-86(82)83/h1-56H.